The molecule has 1 N–H and O–H groups in total. The van der Waals surface area contributed by atoms with Crippen LogP contribution >= 0.6 is 23.2 Å². The number of aromatic amines is 1. The second-order valence-corrected chi connectivity index (χ2v) is 14.1. The van der Waals surface area contributed by atoms with Gasteiger partial charge in [0.05, 0.1) is 24.0 Å². The zero-order valence-corrected chi connectivity index (χ0v) is 19.5. The minimum atomic E-state index is -1.31. The van der Waals surface area contributed by atoms with Crippen LogP contribution in [0.5, 0.6) is 0 Å². The molecule has 0 fully saturated rings. The fraction of sp³-hybridized carbons (Fsp3) is 0.368. The Labute approximate surface area is 185 Å². The quantitative estimate of drug-likeness (QED) is 0.281. The highest BCUT2D eigenvalue weighted by atomic mass is 35.5. The molecular formula is C19H22Cl2N4O4Si. The van der Waals surface area contributed by atoms with Crippen molar-refractivity contribution in [2.45, 2.75) is 31.8 Å². The van der Waals surface area contributed by atoms with Crippen LogP contribution in [0.1, 0.15) is 28.2 Å². The molecule has 0 amide bonds. The Morgan fingerprint density at radius 2 is 2.03 bits per heavy atom. The fourth-order valence-corrected chi connectivity index (χ4v) is 3.65. The lowest BCUT2D eigenvalue weighted by molar-refractivity contribution is 0.0584. The predicted molar refractivity (Wildman–Crippen MR) is 116 cm³/mol. The number of halogens is 2. The van der Waals surface area contributed by atoms with Crippen LogP contribution in [0, 0.1) is 0 Å². The number of nitrogens with one attached hydrogen (secondary N) is 1. The molecule has 0 saturated heterocycles. The molecule has 11 heteroatoms. The van der Waals surface area contributed by atoms with Crippen molar-refractivity contribution >= 4 is 37.2 Å². The molecule has 3 aromatic heterocycles. The largest absolute Gasteiger partial charge is 0.463 e. The van der Waals surface area contributed by atoms with E-state index in [0.29, 0.717) is 34.5 Å². The van der Waals surface area contributed by atoms with Crippen LogP contribution in [0.25, 0.3) is 11.5 Å². The molecule has 1 unspecified atom stereocenters. The standard InChI is InChI=1S/C19H22Cl2N4O4Si/c1-27-18(26)17-22-10-12(24-17)16(28-7-8-30(2,3)4)14-6-5-13(29-14)15-11(20)9-23-19(21)25-15/h5-6,9-10,16H,7-8H2,1-4H3,(H,22,24). The van der Waals surface area contributed by atoms with Crippen LogP contribution in [0.3, 0.4) is 0 Å². The van der Waals surface area contributed by atoms with E-state index in [1.54, 1.807) is 18.3 Å². The lowest BCUT2D eigenvalue weighted by Crippen LogP contribution is -2.22. The maximum atomic E-state index is 11.8. The second-order valence-electron chi connectivity index (χ2n) is 7.76. The normalized spacial score (nSPS) is 12.7. The van der Waals surface area contributed by atoms with Crippen LogP contribution < -0.4 is 0 Å². The number of esters is 1. The summed E-state index contributed by atoms with van der Waals surface area (Å²) in [5.41, 5.74) is 0.875. The molecule has 0 aromatic carbocycles. The Balaban J connectivity index is 1.92. The summed E-state index contributed by atoms with van der Waals surface area (Å²) >= 11 is 12.1. The summed E-state index contributed by atoms with van der Waals surface area (Å²) in [7, 11) is -0.0191. The van der Waals surface area contributed by atoms with Crippen molar-refractivity contribution in [3.05, 3.63) is 52.1 Å². The maximum absolute atomic E-state index is 11.8. The Morgan fingerprint density at radius 1 is 1.27 bits per heavy atom. The van der Waals surface area contributed by atoms with Gasteiger partial charge in [0, 0.05) is 20.9 Å². The topological polar surface area (TPSA) is 103 Å². The number of methoxy groups -OCH3 is 1. The number of carbonyl (C=O) groups excluding carboxylic acids is 1. The number of nitrogens with zero attached hydrogens (tertiary/aromatic N) is 3. The predicted octanol–water partition coefficient (Wildman–Crippen LogP) is 5.00. The van der Waals surface area contributed by atoms with Crippen molar-refractivity contribution in [1.82, 2.24) is 19.9 Å². The zero-order chi connectivity index (χ0) is 21.9. The van der Waals surface area contributed by atoms with Crippen molar-refractivity contribution < 1.29 is 18.7 Å². The van der Waals surface area contributed by atoms with Gasteiger partial charge in [0.25, 0.3) is 0 Å². The molecule has 1 atom stereocenters. The Morgan fingerprint density at radius 3 is 2.73 bits per heavy atom. The molecule has 3 rings (SSSR count). The molecule has 0 radical (unpaired) electrons. The van der Waals surface area contributed by atoms with Crippen molar-refractivity contribution in [1.29, 1.82) is 0 Å². The molecule has 0 spiro atoms. The zero-order valence-electron chi connectivity index (χ0n) is 17.0. The van der Waals surface area contributed by atoms with Gasteiger partial charge in [-0.15, -0.1) is 0 Å². The number of hydrogen-bond acceptors (Lipinski definition) is 7. The smallest absolute Gasteiger partial charge is 0.374 e. The van der Waals surface area contributed by atoms with Gasteiger partial charge in [0.2, 0.25) is 11.1 Å². The van der Waals surface area contributed by atoms with Crippen molar-refractivity contribution in [3.8, 4) is 11.5 Å². The first-order valence-electron chi connectivity index (χ1n) is 9.21. The molecule has 3 heterocycles. The third-order valence-electron chi connectivity index (χ3n) is 4.21. The molecule has 30 heavy (non-hydrogen) atoms. The van der Waals surface area contributed by atoms with E-state index >= 15 is 0 Å². The number of H-pyrrole nitrogens is 1. The first kappa shape index (κ1) is 22.5. The van der Waals surface area contributed by atoms with Crippen molar-refractivity contribution in [3.63, 3.8) is 0 Å². The van der Waals surface area contributed by atoms with E-state index in [0.717, 1.165) is 6.04 Å². The molecule has 0 aliphatic carbocycles. The summed E-state index contributed by atoms with van der Waals surface area (Å²) in [6.45, 7) is 7.32. The minimum absolute atomic E-state index is 0.0605. The van der Waals surface area contributed by atoms with Gasteiger partial charge in [-0.2, -0.15) is 0 Å². The number of furan rings is 1. The summed E-state index contributed by atoms with van der Waals surface area (Å²) < 4.78 is 16.8. The lowest BCUT2D eigenvalue weighted by Gasteiger charge is -2.19. The van der Waals surface area contributed by atoms with Crippen LogP contribution in [0.4, 0.5) is 0 Å². The average Bonchev–Trinajstić information content (AvgIpc) is 3.36. The summed E-state index contributed by atoms with van der Waals surface area (Å²) in [5, 5.41) is 0.370. The number of aromatic nitrogens is 4. The number of carbonyl (C=O) groups is 1. The minimum Gasteiger partial charge on any atom is -0.463 e. The Kier molecular flexibility index (Phi) is 6.97. The van der Waals surface area contributed by atoms with E-state index in [-0.39, 0.29) is 11.1 Å². The van der Waals surface area contributed by atoms with E-state index in [2.05, 4.69) is 39.6 Å². The first-order chi connectivity index (χ1) is 14.2. The van der Waals surface area contributed by atoms with Gasteiger partial charge in [-0.25, -0.2) is 19.7 Å². The summed E-state index contributed by atoms with van der Waals surface area (Å²) in [6, 6.07) is 4.44. The number of rotatable bonds is 8. The van der Waals surface area contributed by atoms with E-state index < -0.39 is 20.1 Å². The van der Waals surface area contributed by atoms with Gasteiger partial charge >= 0.3 is 5.97 Å². The van der Waals surface area contributed by atoms with Crippen LogP contribution in [0.15, 0.2) is 28.9 Å². The van der Waals surface area contributed by atoms with Crippen LogP contribution in [-0.2, 0) is 9.47 Å². The summed E-state index contributed by atoms with van der Waals surface area (Å²) in [4.78, 5) is 26.9. The SMILES string of the molecule is COC(=O)c1nc(C(OCC[Si](C)(C)C)c2ccc(-c3nc(Cl)ncc3Cl)o2)c[nH]1. The molecule has 160 valence electrons. The number of ether oxygens (including phenoxy) is 2. The van der Waals surface area contributed by atoms with Gasteiger partial charge in [-0.05, 0) is 29.8 Å². The Hall–Kier alpha value is -2.20. The molecule has 0 saturated carbocycles. The highest BCUT2D eigenvalue weighted by molar-refractivity contribution is 6.76. The third-order valence-corrected chi connectivity index (χ3v) is 6.38. The maximum Gasteiger partial charge on any atom is 0.374 e. The third kappa shape index (κ3) is 5.48. The van der Waals surface area contributed by atoms with E-state index in [1.165, 1.54) is 13.3 Å². The van der Waals surface area contributed by atoms with E-state index in [4.69, 9.17) is 37.1 Å². The molecular weight excluding hydrogens is 447 g/mol. The number of imidazole rings is 1. The van der Waals surface area contributed by atoms with Gasteiger partial charge < -0.3 is 18.9 Å². The van der Waals surface area contributed by atoms with Crippen LogP contribution in [-0.4, -0.2) is 47.7 Å². The molecule has 0 aliphatic heterocycles. The van der Waals surface area contributed by atoms with Crippen molar-refractivity contribution in [2.24, 2.45) is 0 Å². The average molecular weight is 469 g/mol. The summed E-state index contributed by atoms with van der Waals surface area (Å²) in [5.74, 6) is 0.435. The molecule has 0 aliphatic rings. The van der Waals surface area contributed by atoms with Gasteiger partial charge in [-0.3, -0.25) is 0 Å². The van der Waals surface area contributed by atoms with Crippen LogP contribution in [0.2, 0.25) is 36.0 Å². The molecule has 0 bridgehead atoms. The lowest BCUT2D eigenvalue weighted by atomic mass is 10.2. The number of hydrogen-bond donors (Lipinski definition) is 1. The fourth-order valence-electron chi connectivity index (χ4n) is 2.61. The summed E-state index contributed by atoms with van der Waals surface area (Å²) in [6.07, 6.45) is 2.38. The van der Waals surface area contributed by atoms with Gasteiger partial charge in [0.15, 0.2) is 11.9 Å². The van der Waals surface area contributed by atoms with Gasteiger partial charge in [-0.1, -0.05) is 31.2 Å². The van der Waals surface area contributed by atoms with Gasteiger partial charge in [0.1, 0.15) is 11.5 Å². The highest BCUT2D eigenvalue weighted by Gasteiger charge is 2.25. The van der Waals surface area contributed by atoms with E-state index in [1.807, 2.05) is 0 Å². The monoisotopic (exact) mass is 468 g/mol. The Bertz CT molecular complexity index is 1030. The highest BCUT2D eigenvalue weighted by Crippen LogP contribution is 2.33. The van der Waals surface area contributed by atoms with Crippen molar-refractivity contribution in [2.75, 3.05) is 13.7 Å². The molecule has 3 aromatic rings. The van der Waals surface area contributed by atoms with E-state index in [9.17, 15) is 4.79 Å². The molecule has 8 nitrogen and oxygen atoms in total. The second kappa shape index (κ2) is 9.30. The first-order valence-corrected chi connectivity index (χ1v) is 13.7.